The maximum absolute atomic E-state index is 3.42. The lowest BCUT2D eigenvalue weighted by Crippen LogP contribution is -2.41. The van der Waals surface area contributed by atoms with Crippen LogP contribution in [0.3, 0.4) is 0 Å². The number of piperidine rings is 1. The molecule has 1 saturated carbocycles. The third-order valence-corrected chi connectivity index (χ3v) is 4.62. The van der Waals surface area contributed by atoms with Gasteiger partial charge < -0.3 is 10.2 Å². The SMILES string of the molecule is CN(CCSC1CC1)C1CCNCC1. The minimum absolute atomic E-state index is 0.844. The molecule has 2 nitrogen and oxygen atoms in total. The number of nitrogens with one attached hydrogen (secondary N) is 1. The van der Waals surface area contributed by atoms with Gasteiger partial charge in [-0.15, -0.1) is 0 Å². The molecule has 0 radical (unpaired) electrons. The molecule has 1 aliphatic carbocycles. The second-order valence-corrected chi connectivity index (χ2v) is 5.94. The quantitative estimate of drug-likeness (QED) is 0.748. The monoisotopic (exact) mass is 214 g/mol. The summed E-state index contributed by atoms with van der Waals surface area (Å²) in [6.45, 7) is 3.71. The van der Waals surface area contributed by atoms with E-state index in [0.717, 1.165) is 11.3 Å². The zero-order valence-corrected chi connectivity index (χ0v) is 9.98. The Morgan fingerprint density at radius 1 is 1.21 bits per heavy atom. The highest BCUT2D eigenvalue weighted by Gasteiger charge is 2.22. The maximum Gasteiger partial charge on any atom is 0.0117 e. The summed E-state index contributed by atoms with van der Waals surface area (Å²) >= 11 is 2.18. The zero-order valence-electron chi connectivity index (χ0n) is 9.17. The molecule has 1 heterocycles. The molecule has 0 aromatic carbocycles. The lowest BCUT2D eigenvalue weighted by Gasteiger charge is -2.31. The summed E-state index contributed by atoms with van der Waals surface area (Å²) in [7, 11) is 2.30. The molecule has 1 aliphatic heterocycles. The van der Waals surface area contributed by atoms with E-state index < -0.39 is 0 Å². The average Bonchev–Trinajstić information content (AvgIpc) is 3.03. The summed E-state index contributed by atoms with van der Waals surface area (Å²) in [5.41, 5.74) is 0. The number of hydrogen-bond donors (Lipinski definition) is 1. The molecule has 3 heteroatoms. The third-order valence-electron chi connectivity index (χ3n) is 3.25. The smallest absolute Gasteiger partial charge is 0.0117 e. The van der Waals surface area contributed by atoms with Crippen LogP contribution >= 0.6 is 11.8 Å². The molecule has 0 unspecified atom stereocenters. The van der Waals surface area contributed by atoms with E-state index in [9.17, 15) is 0 Å². The molecular weight excluding hydrogens is 192 g/mol. The predicted molar refractivity (Wildman–Crippen MR) is 64.0 cm³/mol. The highest BCUT2D eigenvalue weighted by Crippen LogP contribution is 2.33. The standard InChI is InChI=1S/C11H22N2S/c1-13(8-9-14-11-2-3-11)10-4-6-12-7-5-10/h10-12H,2-9H2,1H3. The molecule has 0 aromatic rings. The molecule has 14 heavy (non-hydrogen) atoms. The van der Waals surface area contributed by atoms with Crippen LogP contribution < -0.4 is 5.32 Å². The van der Waals surface area contributed by atoms with Gasteiger partial charge in [-0.05, 0) is 45.8 Å². The lowest BCUT2D eigenvalue weighted by molar-refractivity contribution is 0.210. The van der Waals surface area contributed by atoms with E-state index in [1.165, 1.54) is 51.1 Å². The van der Waals surface area contributed by atoms with Crippen LogP contribution in [0.2, 0.25) is 0 Å². The van der Waals surface area contributed by atoms with E-state index in [0.29, 0.717) is 0 Å². The Labute approximate surface area is 91.8 Å². The van der Waals surface area contributed by atoms with Crippen LogP contribution in [-0.4, -0.2) is 48.6 Å². The molecule has 0 amide bonds. The average molecular weight is 214 g/mol. The molecular formula is C11H22N2S. The van der Waals surface area contributed by atoms with Crippen molar-refractivity contribution in [2.24, 2.45) is 0 Å². The molecule has 0 spiro atoms. The van der Waals surface area contributed by atoms with Crippen molar-refractivity contribution >= 4 is 11.8 Å². The number of thioether (sulfide) groups is 1. The molecule has 2 fully saturated rings. The zero-order chi connectivity index (χ0) is 9.80. The molecule has 0 atom stereocenters. The van der Waals surface area contributed by atoms with Crippen molar-refractivity contribution in [3.05, 3.63) is 0 Å². The van der Waals surface area contributed by atoms with Gasteiger partial charge >= 0.3 is 0 Å². The molecule has 82 valence electrons. The van der Waals surface area contributed by atoms with Gasteiger partial charge in [-0.2, -0.15) is 11.8 Å². The van der Waals surface area contributed by atoms with E-state index in [-0.39, 0.29) is 0 Å². The second-order valence-electron chi connectivity index (χ2n) is 4.53. The maximum atomic E-state index is 3.42. The summed E-state index contributed by atoms with van der Waals surface area (Å²) in [5, 5.41) is 4.45. The fourth-order valence-corrected chi connectivity index (χ4v) is 3.22. The first-order valence-electron chi connectivity index (χ1n) is 5.89. The van der Waals surface area contributed by atoms with Crippen LogP contribution in [0, 0.1) is 0 Å². The van der Waals surface area contributed by atoms with Gasteiger partial charge in [-0.3, -0.25) is 0 Å². The summed E-state index contributed by atoms with van der Waals surface area (Å²) in [5.74, 6) is 1.34. The number of rotatable bonds is 5. The van der Waals surface area contributed by atoms with Crippen molar-refractivity contribution in [1.82, 2.24) is 10.2 Å². The number of nitrogens with zero attached hydrogens (tertiary/aromatic N) is 1. The first-order chi connectivity index (χ1) is 6.86. The highest BCUT2D eigenvalue weighted by molar-refractivity contribution is 8.00. The van der Waals surface area contributed by atoms with Crippen molar-refractivity contribution in [1.29, 1.82) is 0 Å². The Kier molecular flexibility index (Phi) is 4.14. The summed E-state index contributed by atoms with van der Waals surface area (Å²) in [6, 6.07) is 0.844. The summed E-state index contributed by atoms with van der Waals surface area (Å²) in [4.78, 5) is 2.57. The van der Waals surface area contributed by atoms with Crippen molar-refractivity contribution in [2.75, 3.05) is 32.4 Å². The van der Waals surface area contributed by atoms with Gasteiger partial charge in [0.05, 0.1) is 0 Å². The highest BCUT2D eigenvalue weighted by atomic mass is 32.2. The molecule has 1 saturated heterocycles. The topological polar surface area (TPSA) is 15.3 Å². The van der Waals surface area contributed by atoms with E-state index >= 15 is 0 Å². The van der Waals surface area contributed by atoms with Crippen molar-refractivity contribution in [2.45, 2.75) is 37.0 Å². The Bertz CT molecular complexity index is 165. The Balaban J connectivity index is 1.57. The van der Waals surface area contributed by atoms with Crippen molar-refractivity contribution in [3.8, 4) is 0 Å². The molecule has 2 rings (SSSR count). The number of hydrogen-bond acceptors (Lipinski definition) is 3. The Morgan fingerprint density at radius 2 is 1.93 bits per heavy atom. The Hall–Kier alpha value is 0.270. The summed E-state index contributed by atoms with van der Waals surface area (Å²) < 4.78 is 0. The molecule has 0 bridgehead atoms. The lowest BCUT2D eigenvalue weighted by atomic mass is 10.1. The summed E-state index contributed by atoms with van der Waals surface area (Å²) in [6.07, 6.45) is 5.62. The van der Waals surface area contributed by atoms with E-state index in [1.807, 2.05) is 0 Å². The van der Waals surface area contributed by atoms with Gasteiger partial charge in [0, 0.05) is 23.6 Å². The van der Waals surface area contributed by atoms with Gasteiger partial charge in [0.1, 0.15) is 0 Å². The van der Waals surface area contributed by atoms with Gasteiger partial charge in [0.2, 0.25) is 0 Å². The molecule has 1 N–H and O–H groups in total. The van der Waals surface area contributed by atoms with Gasteiger partial charge in [-0.25, -0.2) is 0 Å². The van der Waals surface area contributed by atoms with Crippen LogP contribution in [0.25, 0.3) is 0 Å². The first-order valence-corrected chi connectivity index (χ1v) is 6.93. The largest absolute Gasteiger partial charge is 0.317 e. The second kappa shape index (κ2) is 5.38. The molecule has 0 aromatic heterocycles. The van der Waals surface area contributed by atoms with E-state index in [1.54, 1.807) is 0 Å². The minimum Gasteiger partial charge on any atom is -0.317 e. The van der Waals surface area contributed by atoms with Crippen LogP contribution in [0.1, 0.15) is 25.7 Å². The minimum atomic E-state index is 0.844. The van der Waals surface area contributed by atoms with E-state index in [2.05, 4.69) is 29.0 Å². The van der Waals surface area contributed by atoms with Gasteiger partial charge in [0.15, 0.2) is 0 Å². The first kappa shape index (κ1) is 10.8. The van der Waals surface area contributed by atoms with Crippen molar-refractivity contribution < 1.29 is 0 Å². The fraction of sp³-hybridized carbons (Fsp3) is 1.00. The predicted octanol–water partition coefficient (Wildman–Crippen LogP) is 1.57. The third kappa shape index (κ3) is 3.44. The van der Waals surface area contributed by atoms with Crippen LogP contribution in [0.15, 0.2) is 0 Å². The van der Waals surface area contributed by atoms with Crippen LogP contribution in [-0.2, 0) is 0 Å². The van der Waals surface area contributed by atoms with Gasteiger partial charge in [0.25, 0.3) is 0 Å². The van der Waals surface area contributed by atoms with E-state index in [4.69, 9.17) is 0 Å². The van der Waals surface area contributed by atoms with Crippen molar-refractivity contribution in [3.63, 3.8) is 0 Å². The normalized spacial score (nSPS) is 24.4. The Morgan fingerprint density at radius 3 is 2.57 bits per heavy atom. The van der Waals surface area contributed by atoms with Crippen LogP contribution in [0.5, 0.6) is 0 Å². The molecule has 2 aliphatic rings. The van der Waals surface area contributed by atoms with Crippen LogP contribution in [0.4, 0.5) is 0 Å². The van der Waals surface area contributed by atoms with Gasteiger partial charge in [-0.1, -0.05) is 0 Å². The fourth-order valence-electron chi connectivity index (χ4n) is 2.03.